The van der Waals surface area contributed by atoms with Crippen molar-refractivity contribution in [1.29, 1.82) is 5.26 Å². The Kier molecular flexibility index (Phi) is 3.37. The lowest BCUT2D eigenvalue weighted by molar-refractivity contribution is 0.116. The van der Waals surface area contributed by atoms with E-state index >= 15 is 0 Å². The number of ether oxygens (including phenoxy) is 1. The van der Waals surface area contributed by atoms with E-state index in [1.54, 1.807) is 6.07 Å². The number of nitriles is 1. The van der Waals surface area contributed by atoms with Gasteiger partial charge in [-0.05, 0) is 25.0 Å². The maximum atomic E-state index is 8.77. The molecule has 2 rings (SSSR count). The van der Waals surface area contributed by atoms with Crippen LogP contribution in [0.25, 0.3) is 0 Å². The number of anilines is 1. The van der Waals surface area contributed by atoms with Gasteiger partial charge in [-0.3, -0.25) is 0 Å². The third kappa shape index (κ3) is 2.50. The van der Waals surface area contributed by atoms with Gasteiger partial charge in [-0.15, -0.1) is 0 Å². The number of hydrogen-bond donors (Lipinski definition) is 0. The summed E-state index contributed by atoms with van der Waals surface area (Å²) >= 11 is 0. The molecule has 0 spiro atoms. The van der Waals surface area contributed by atoms with Gasteiger partial charge in [-0.25, -0.2) is 4.98 Å². The number of hydrogen-bond acceptors (Lipinski definition) is 4. The molecule has 16 heavy (non-hydrogen) atoms. The maximum Gasteiger partial charge on any atom is 0.142 e. The van der Waals surface area contributed by atoms with Crippen LogP contribution in [0.4, 0.5) is 5.82 Å². The molecule has 0 N–H and O–H groups in total. The second-order valence-electron chi connectivity index (χ2n) is 4.01. The van der Waals surface area contributed by atoms with E-state index < -0.39 is 0 Å². The summed E-state index contributed by atoms with van der Waals surface area (Å²) in [5.41, 5.74) is 0.455. The maximum absolute atomic E-state index is 8.77. The van der Waals surface area contributed by atoms with Crippen molar-refractivity contribution in [2.24, 2.45) is 0 Å². The highest BCUT2D eigenvalue weighted by Crippen LogP contribution is 2.16. The molecule has 4 heteroatoms. The lowest BCUT2D eigenvalue weighted by Crippen LogP contribution is -2.29. The van der Waals surface area contributed by atoms with E-state index in [1.165, 1.54) is 0 Å². The van der Waals surface area contributed by atoms with E-state index in [0.29, 0.717) is 11.8 Å². The summed E-state index contributed by atoms with van der Waals surface area (Å²) in [4.78, 5) is 6.28. The van der Waals surface area contributed by atoms with E-state index in [2.05, 4.69) is 4.98 Å². The van der Waals surface area contributed by atoms with E-state index in [1.807, 2.05) is 30.1 Å². The van der Waals surface area contributed by atoms with Crippen LogP contribution in [0.3, 0.4) is 0 Å². The second kappa shape index (κ2) is 4.95. The molecule has 2 heterocycles. The Balaban J connectivity index is 2.02. The predicted molar refractivity (Wildman–Crippen MR) is 61.2 cm³/mol. The number of nitrogens with zero attached hydrogens (tertiary/aromatic N) is 3. The summed E-state index contributed by atoms with van der Waals surface area (Å²) in [6.07, 6.45) is 2.56. The van der Waals surface area contributed by atoms with Gasteiger partial charge in [0.1, 0.15) is 17.6 Å². The van der Waals surface area contributed by atoms with Crippen LogP contribution in [0, 0.1) is 11.3 Å². The lowest BCUT2D eigenvalue weighted by Gasteiger charge is -2.21. The molecule has 1 fully saturated rings. The SMILES string of the molecule is CN(CC1CCCO1)c1cccc(C#N)n1. The molecular weight excluding hydrogens is 202 g/mol. The van der Waals surface area contributed by atoms with Crippen molar-refractivity contribution in [1.82, 2.24) is 4.98 Å². The third-order valence-corrected chi connectivity index (χ3v) is 2.74. The van der Waals surface area contributed by atoms with Gasteiger partial charge in [0.2, 0.25) is 0 Å². The summed E-state index contributed by atoms with van der Waals surface area (Å²) < 4.78 is 5.57. The molecule has 84 valence electrons. The van der Waals surface area contributed by atoms with Crippen LogP contribution in [0.15, 0.2) is 18.2 Å². The van der Waals surface area contributed by atoms with E-state index in [9.17, 15) is 0 Å². The summed E-state index contributed by atoms with van der Waals surface area (Å²) in [7, 11) is 1.98. The van der Waals surface area contributed by atoms with E-state index in [4.69, 9.17) is 10.00 Å². The van der Waals surface area contributed by atoms with Gasteiger partial charge in [0.25, 0.3) is 0 Å². The van der Waals surface area contributed by atoms with Gasteiger partial charge in [0.15, 0.2) is 0 Å². The van der Waals surface area contributed by atoms with Gasteiger partial charge in [-0.2, -0.15) is 5.26 Å². The number of pyridine rings is 1. The standard InChI is InChI=1S/C12H15N3O/c1-15(9-11-5-3-7-16-11)12-6-2-4-10(8-13)14-12/h2,4,6,11H,3,5,7,9H2,1H3. The normalized spacial score (nSPS) is 19.4. The van der Waals surface area contributed by atoms with Gasteiger partial charge in [0.05, 0.1) is 6.10 Å². The fraction of sp³-hybridized carbons (Fsp3) is 0.500. The van der Waals surface area contributed by atoms with Crippen molar-refractivity contribution in [3.8, 4) is 6.07 Å². The molecule has 1 atom stereocenters. The Labute approximate surface area is 95.5 Å². The molecule has 1 aromatic rings. The van der Waals surface area contributed by atoms with Crippen LogP contribution in [-0.2, 0) is 4.74 Å². The highest BCUT2D eigenvalue weighted by Gasteiger charge is 2.18. The summed E-state index contributed by atoms with van der Waals surface area (Å²) in [6.45, 7) is 1.70. The second-order valence-corrected chi connectivity index (χ2v) is 4.01. The molecule has 0 bridgehead atoms. The first-order valence-electron chi connectivity index (χ1n) is 5.49. The Morgan fingerprint density at radius 1 is 1.62 bits per heavy atom. The third-order valence-electron chi connectivity index (χ3n) is 2.74. The zero-order valence-electron chi connectivity index (χ0n) is 9.39. The molecule has 0 amide bonds. The number of aromatic nitrogens is 1. The zero-order chi connectivity index (χ0) is 11.4. The fourth-order valence-electron chi connectivity index (χ4n) is 1.89. The average Bonchev–Trinajstić information content (AvgIpc) is 2.82. The minimum atomic E-state index is 0.303. The number of likely N-dealkylation sites (N-methyl/N-ethyl adjacent to an activating group) is 1. The van der Waals surface area contributed by atoms with Crippen LogP contribution in [-0.4, -0.2) is 31.3 Å². The first kappa shape index (κ1) is 10.9. The highest BCUT2D eigenvalue weighted by molar-refractivity contribution is 5.40. The molecule has 0 radical (unpaired) electrons. The number of rotatable bonds is 3. The topological polar surface area (TPSA) is 49.1 Å². The molecular formula is C12H15N3O. The average molecular weight is 217 g/mol. The van der Waals surface area contributed by atoms with Crippen molar-refractivity contribution in [2.45, 2.75) is 18.9 Å². The summed E-state index contributed by atoms with van der Waals surface area (Å²) in [6, 6.07) is 7.53. The highest BCUT2D eigenvalue weighted by atomic mass is 16.5. The monoisotopic (exact) mass is 217 g/mol. The summed E-state index contributed by atoms with van der Waals surface area (Å²) in [5.74, 6) is 0.828. The zero-order valence-corrected chi connectivity index (χ0v) is 9.39. The van der Waals surface area contributed by atoms with Gasteiger partial charge in [-0.1, -0.05) is 6.07 Å². The fourth-order valence-corrected chi connectivity index (χ4v) is 1.89. The van der Waals surface area contributed by atoms with E-state index in [0.717, 1.165) is 31.8 Å². The van der Waals surface area contributed by atoms with Crippen LogP contribution in [0.5, 0.6) is 0 Å². The Bertz CT molecular complexity index is 393. The van der Waals surface area contributed by atoms with Gasteiger partial charge < -0.3 is 9.64 Å². The quantitative estimate of drug-likeness (QED) is 0.771. The van der Waals surface area contributed by atoms with Crippen LogP contribution in [0.1, 0.15) is 18.5 Å². The Morgan fingerprint density at radius 2 is 2.50 bits per heavy atom. The smallest absolute Gasteiger partial charge is 0.142 e. The molecule has 0 aromatic carbocycles. The van der Waals surface area contributed by atoms with Gasteiger partial charge >= 0.3 is 0 Å². The lowest BCUT2D eigenvalue weighted by atomic mass is 10.2. The van der Waals surface area contributed by atoms with Crippen molar-refractivity contribution in [3.05, 3.63) is 23.9 Å². The van der Waals surface area contributed by atoms with Crippen LogP contribution < -0.4 is 4.90 Å². The Morgan fingerprint density at radius 3 is 3.19 bits per heavy atom. The predicted octanol–water partition coefficient (Wildman–Crippen LogP) is 1.57. The van der Waals surface area contributed by atoms with Gasteiger partial charge in [0, 0.05) is 20.2 Å². The minimum absolute atomic E-state index is 0.303. The molecule has 1 aliphatic rings. The largest absolute Gasteiger partial charge is 0.376 e. The first-order valence-corrected chi connectivity index (χ1v) is 5.49. The first-order chi connectivity index (χ1) is 7.79. The molecule has 4 nitrogen and oxygen atoms in total. The molecule has 0 aliphatic carbocycles. The molecule has 1 aliphatic heterocycles. The van der Waals surface area contributed by atoms with Crippen molar-refractivity contribution in [3.63, 3.8) is 0 Å². The van der Waals surface area contributed by atoms with E-state index in [-0.39, 0.29) is 0 Å². The molecule has 1 aromatic heterocycles. The Hall–Kier alpha value is -1.60. The van der Waals surface area contributed by atoms with Crippen molar-refractivity contribution >= 4 is 5.82 Å². The van der Waals surface area contributed by atoms with Crippen LogP contribution >= 0.6 is 0 Å². The molecule has 0 saturated carbocycles. The van der Waals surface area contributed by atoms with Crippen molar-refractivity contribution < 1.29 is 4.74 Å². The minimum Gasteiger partial charge on any atom is -0.376 e. The van der Waals surface area contributed by atoms with Crippen molar-refractivity contribution in [2.75, 3.05) is 25.1 Å². The summed E-state index contributed by atoms with van der Waals surface area (Å²) in [5, 5.41) is 8.77. The molecule has 1 saturated heterocycles. The molecule has 1 unspecified atom stereocenters. The van der Waals surface area contributed by atoms with Crippen LogP contribution in [0.2, 0.25) is 0 Å².